The predicted octanol–water partition coefficient (Wildman–Crippen LogP) is 0.502. The summed E-state index contributed by atoms with van der Waals surface area (Å²) < 4.78 is 23.4. The molecule has 0 spiro atoms. The highest BCUT2D eigenvalue weighted by atomic mass is 32.2. The Bertz CT molecular complexity index is 477. The molecule has 15 heavy (non-hydrogen) atoms. The molecule has 1 aromatic carbocycles. The third kappa shape index (κ3) is 2.92. The van der Waals surface area contributed by atoms with Gasteiger partial charge in [0.15, 0.2) is 9.84 Å². The van der Waals surface area contributed by atoms with Crippen LogP contribution in [0.25, 0.3) is 0 Å². The van der Waals surface area contributed by atoms with Gasteiger partial charge in [0, 0.05) is 5.57 Å². The number of rotatable bonds is 4. The molecule has 0 aliphatic heterocycles. The van der Waals surface area contributed by atoms with Crippen LogP contribution in [0.4, 0.5) is 0 Å². The molecule has 1 amide bonds. The van der Waals surface area contributed by atoms with Gasteiger partial charge in [-0.25, -0.2) is 8.42 Å². The maximum Gasteiger partial charge on any atom is 0.245 e. The summed E-state index contributed by atoms with van der Waals surface area (Å²) in [6.45, 7) is 3.31. The zero-order chi connectivity index (χ0) is 11.5. The molecular formula is C10H11NO3S. The molecule has 1 rings (SSSR count). The average Bonchev–Trinajstić information content (AvgIpc) is 2.18. The van der Waals surface area contributed by atoms with Crippen molar-refractivity contribution in [3.8, 4) is 0 Å². The van der Waals surface area contributed by atoms with Gasteiger partial charge < -0.3 is 5.73 Å². The van der Waals surface area contributed by atoms with Gasteiger partial charge in [-0.2, -0.15) is 0 Å². The molecule has 0 heterocycles. The third-order valence-electron chi connectivity index (χ3n) is 1.82. The molecule has 2 N–H and O–H groups in total. The van der Waals surface area contributed by atoms with Gasteiger partial charge in [0.2, 0.25) is 5.91 Å². The van der Waals surface area contributed by atoms with Crippen molar-refractivity contribution < 1.29 is 13.2 Å². The van der Waals surface area contributed by atoms with Crippen molar-refractivity contribution in [3.63, 3.8) is 0 Å². The normalized spacial score (nSPS) is 10.9. The van der Waals surface area contributed by atoms with Gasteiger partial charge in [0.05, 0.1) is 10.6 Å². The number of hydrogen-bond donors (Lipinski definition) is 1. The van der Waals surface area contributed by atoms with Crippen LogP contribution in [0.2, 0.25) is 0 Å². The number of primary amides is 1. The van der Waals surface area contributed by atoms with E-state index >= 15 is 0 Å². The first-order valence-electron chi connectivity index (χ1n) is 4.19. The first-order chi connectivity index (χ1) is 6.93. The fourth-order valence-electron chi connectivity index (χ4n) is 1.01. The van der Waals surface area contributed by atoms with Crippen molar-refractivity contribution in [1.82, 2.24) is 0 Å². The lowest BCUT2D eigenvalue weighted by atomic mass is 10.3. The zero-order valence-electron chi connectivity index (χ0n) is 8.01. The molecule has 0 aliphatic carbocycles. The molecule has 80 valence electrons. The van der Waals surface area contributed by atoms with E-state index in [1.165, 1.54) is 12.1 Å². The Hall–Kier alpha value is -1.62. The summed E-state index contributed by atoms with van der Waals surface area (Å²) in [7, 11) is -3.50. The molecule has 0 saturated heterocycles. The van der Waals surface area contributed by atoms with Crippen molar-refractivity contribution in [3.05, 3.63) is 42.5 Å². The molecule has 0 saturated carbocycles. The van der Waals surface area contributed by atoms with Crippen LogP contribution >= 0.6 is 0 Å². The largest absolute Gasteiger partial charge is 0.366 e. The quantitative estimate of drug-likeness (QED) is 0.758. The molecule has 1 aromatic rings. The topological polar surface area (TPSA) is 77.2 Å². The smallest absolute Gasteiger partial charge is 0.245 e. The molecule has 5 heteroatoms. The number of carbonyl (C=O) groups is 1. The van der Waals surface area contributed by atoms with E-state index in [-0.39, 0.29) is 10.5 Å². The Kier molecular flexibility index (Phi) is 3.26. The van der Waals surface area contributed by atoms with Gasteiger partial charge in [-0.3, -0.25) is 4.79 Å². The summed E-state index contributed by atoms with van der Waals surface area (Å²) in [5.74, 6) is -1.23. The summed E-state index contributed by atoms with van der Waals surface area (Å²) in [5.41, 5.74) is 4.81. The third-order valence-corrected chi connectivity index (χ3v) is 3.53. The highest BCUT2D eigenvalue weighted by molar-refractivity contribution is 7.91. The lowest BCUT2D eigenvalue weighted by Crippen LogP contribution is -2.20. The summed E-state index contributed by atoms with van der Waals surface area (Å²) in [4.78, 5) is 10.8. The van der Waals surface area contributed by atoms with Gasteiger partial charge in [-0.15, -0.1) is 0 Å². The van der Waals surface area contributed by atoms with Crippen molar-refractivity contribution in [1.29, 1.82) is 0 Å². The molecule has 0 unspecified atom stereocenters. The van der Waals surface area contributed by atoms with Crippen LogP contribution in [0.5, 0.6) is 0 Å². The molecular weight excluding hydrogens is 214 g/mol. The van der Waals surface area contributed by atoms with Crippen molar-refractivity contribution in [2.24, 2.45) is 5.73 Å². The molecule has 0 atom stereocenters. The number of amides is 1. The lowest BCUT2D eigenvalue weighted by Gasteiger charge is -2.03. The minimum atomic E-state index is -3.50. The minimum Gasteiger partial charge on any atom is -0.366 e. The summed E-state index contributed by atoms with van der Waals surface area (Å²) in [6.07, 6.45) is 0. The second kappa shape index (κ2) is 4.27. The lowest BCUT2D eigenvalue weighted by molar-refractivity contribution is -0.114. The molecule has 0 aliphatic rings. The molecule has 0 aromatic heterocycles. The van der Waals surface area contributed by atoms with Gasteiger partial charge in [0.1, 0.15) is 0 Å². The molecule has 0 radical (unpaired) electrons. The molecule has 0 fully saturated rings. The Labute approximate surface area is 88.3 Å². The van der Waals surface area contributed by atoms with E-state index in [0.29, 0.717) is 0 Å². The Balaban J connectivity index is 2.96. The van der Waals surface area contributed by atoms with Gasteiger partial charge in [-0.1, -0.05) is 24.8 Å². The molecule has 0 bridgehead atoms. The SMILES string of the molecule is C=C(CS(=O)(=O)c1ccccc1)C(N)=O. The van der Waals surface area contributed by atoms with Crippen LogP contribution in [0, 0.1) is 0 Å². The van der Waals surface area contributed by atoms with Crippen LogP contribution in [-0.2, 0) is 14.6 Å². The monoisotopic (exact) mass is 225 g/mol. The van der Waals surface area contributed by atoms with Crippen LogP contribution in [0.1, 0.15) is 0 Å². The number of benzene rings is 1. The van der Waals surface area contributed by atoms with E-state index < -0.39 is 21.5 Å². The number of carbonyl (C=O) groups excluding carboxylic acids is 1. The fourth-order valence-corrected chi connectivity index (χ4v) is 2.35. The zero-order valence-corrected chi connectivity index (χ0v) is 8.83. The highest BCUT2D eigenvalue weighted by Crippen LogP contribution is 2.12. The van der Waals surface area contributed by atoms with E-state index in [1.54, 1.807) is 18.2 Å². The Morgan fingerprint density at radius 2 is 1.80 bits per heavy atom. The van der Waals surface area contributed by atoms with Gasteiger partial charge >= 0.3 is 0 Å². The van der Waals surface area contributed by atoms with Crippen molar-refractivity contribution >= 4 is 15.7 Å². The van der Waals surface area contributed by atoms with Crippen LogP contribution < -0.4 is 5.73 Å². The van der Waals surface area contributed by atoms with Crippen molar-refractivity contribution in [2.75, 3.05) is 5.75 Å². The summed E-state index contributed by atoms with van der Waals surface area (Å²) in [5, 5.41) is 0. The first-order valence-corrected chi connectivity index (χ1v) is 5.84. The van der Waals surface area contributed by atoms with Crippen LogP contribution in [0.15, 0.2) is 47.4 Å². The van der Waals surface area contributed by atoms with Gasteiger partial charge in [-0.05, 0) is 12.1 Å². The number of sulfone groups is 1. The van der Waals surface area contributed by atoms with E-state index in [1.807, 2.05) is 0 Å². The Morgan fingerprint density at radius 1 is 1.27 bits per heavy atom. The standard InChI is InChI=1S/C10H11NO3S/c1-8(10(11)12)7-15(13,14)9-5-3-2-4-6-9/h2-6H,1,7H2,(H2,11,12). The number of nitrogens with two attached hydrogens (primary N) is 1. The first kappa shape index (κ1) is 11.5. The maximum absolute atomic E-state index is 11.7. The second-order valence-electron chi connectivity index (χ2n) is 3.04. The van der Waals surface area contributed by atoms with E-state index in [0.717, 1.165) is 0 Å². The predicted molar refractivity (Wildman–Crippen MR) is 56.8 cm³/mol. The number of hydrogen-bond acceptors (Lipinski definition) is 3. The van der Waals surface area contributed by atoms with E-state index in [2.05, 4.69) is 6.58 Å². The fraction of sp³-hybridized carbons (Fsp3) is 0.100. The van der Waals surface area contributed by atoms with Crippen LogP contribution in [-0.4, -0.2) is 20.1 Å². The highest BCUT2D eigenvalue weighted by Gasteiger charge is 2.17. The van der Waals surface area contributed by atoms with Crippen LogP contribution in [0.3, 0.4) is 0 Å². The molecule has 4 nitrogen and oxygen atoms in total. The van der Waals surface area contributed by atoms with Gasteiger partial charge in [0.25, 0.3) is 0 Å². The maximum atomic E-state index is 11.7. The Morgan fingerprint density at radius 3 is 2.27 bits per heavy atom. The second-order valence-corrected chi connectivity index (χ2v) is 5.03. The average molecular weight is 225 g/mol. The van der Waals surface area contributed by atoms with Crippen molar-refractivity contribution in [2.45, 2.75) is 4.90 Å². The van der Waals surface area contributed by atoms with E-state index in [4.69, 9.17) is 5.73 Å². The van der Waals surface area contributed by atoms with E-state index in [9.17, 15) is 13.2 Å². The summed E-state index contributed by atoms with van der Waals surface area (Å²) >= 11 is 0. The minimum absolute atomic E-state index is 0.112. The summed E-state index contributed by atoms with van der Waals surface area (Å²) in [6, 6.07) is 7.86.